The predicted molar refractivity (Wildman–Crippen MR) is 116 cm³/mol. The maximum Gasteiger partial charge on any atom is 0.242 e. The molecule has 1 saturated heterocycles. The topological polar surface area (TPSA) is 82.3 Å². The number of hydrogen-bond donors (Lipinski definition) is 4. The maximum absolute atomic E-state index is 12.6. The summed E-state index contributed by atoms with van der Waals surface area (Å²) in [6.07, 6.45) is 1.75. The molecule has 0 aliphatic carbocycles. The Morgan fingerprint density at radius 1 is 1.07 bits per heavy atom. The molecule has 0 saturated carbocycles. The van der Waals surface area contributed by atoms with Gasteiger partial charge in [-0.05, 0) is 54.5 Å². The highest BCUT2D eigenvalue weighted by Gasteiger charge is 2.30. The average molecular weight is 407 g/mol. The molecule has 2 aromatic carbocycles. The minimum absolute atomic E-state index is 0.100. The molecule has 6 heteroatoms. The van der Waals surface area contributed by atoms with Crippen molar-refractivity contribution in [3.05, 3.63) is 70.8 Å². The number of carbonyl (C=O) groups excluding carboxylic acids is 2. The van der Waals surface area contributed by atoms with Gasteiger partial charge in [-0.2, -0.15) is 0 Å². The first-order valence-corrected chi connectivity index (χ1v) is 10.8. The van der Waals surface area contributed by atoms with Crippen LogP contribution >= 0.6 is 0 Å². The predicted octanol–water partition coefficient (Wildman–Crippen LogP) is 1.63. The number of hydrogen-bond acceptors (Lipinski definition) is 4. The lowest BCUT2D eigenvalue weighted by Gasteiger charge is -2.17. The summed E-state index contributed by atoms with van der Waals surface area (Å²) in [5.74, 6) is 0.166. The molecule has 30 heavy (non-hydrogen) atoms. The van der Waals surface area contributed by atoms with Gasteiger partial charge in [-0.15, -0.1) is 0 Å². The van der Waals surface area contributed by atoms with E-state index >= 15 is 0 Å². The van der Waals surface area contributed by atoms with Crippen LogP contribution in [0.1, 0.15) is 35.6 Å². The van der Waals surface area contributed by atoms with Gasteiger partial charge in [0.05, 0.1) is 6.04 Å². The Labute approximate surface area is 177 Å². The Kier molecular flexibility index (Phi) is 6.45. The van der Waals surface area contributed by atoms with Crippen LogP contribution < -0.4 is 21.3 Å². The zero-order valence-corrected chi connectivity index (χ0v) is 17.4. The molecule has 6 nitrogen and oxygen atoms in total. The number of benzene rings is 2. The molecule has 158 valence electrons. The maximum atomic E-state index is 12.6. The molecule has 0 radical (unpaired) electrons. The van der Waals surface area contributed by atoms with E-state index in [0.717, 1.165) is 38.0 Å². The van der Waals surface area contributed by atoms with E-state index in [-0.39, 0.29) is 17.9 Å². The molecule has 2 amide bonds. The summed E-state index contributed by atoms with van der Waals surface area (Å²) in [5.41, 5.74) is 4.98. The van der Waals surface area contributed by atoms with Crippen LogP contribution in [0.15, 0.2) is 48.5 Å². The third kappa shape index (κ3) is 5.07. The lowest BCUT2D eigenvalue weighted by atomic mass is 9.96. The zero-order valence-electron chi connectivity index (χ0n) is 17.4. The molecule has 2 heterocycles. The number of nitrogens with one attached hydrogen (secondary N) is 4. The molecule has 0 unspecified atom stereocenters. The van der Waals surface area contributed by atoms with Gasteiger partial charge >= 0.3 is 0 Å². The van der Waals surface area contributed by atoms with Gasteiger partial charge in [-0.3, -0.25) is 9.59 Å². The molecule has 4 N–H and O–H groups in total. The number of rotatable bonds is 7. The summed E-state index contributed by atoms with van der Waals surface area (Å²) in [6.45, 7) is 4.81. The van der Waals surface area contributed by atoms with Gasteiger partial charge in [0, 0.05) is 19.6 Å². The smallest absolute Gasteiger partial charge is 0.242 e. The van der Waals surface area contributed by atoms with E-state index in [1.165, 1.54) is 16.7 Å². The first-order chi connectivity index (χ1) is 14.6. The summed E-state index contributed by atoms with van der Waals surface area (Å²) in [4.78, 5) is 25.0. The summed E-state index contributed by atoms with van der Waals surface area (Å²) < 4.78 is 0. The number of amides is 2. The fourth-order valence-corrected chi connectivity index (χ4v) is 4.29. The van der Waals surface area contributed by atoms with E-state index in [1.807, 2.05) is 24.3 Å². The lowest BCUT2D eigenvalue weighted by Crippen LogP contribution is -2.49. The van der Waals surface area contributed by atoms with Gasteiger partial charge < -0.3 is 21.3 Å². The summed E-state index contributed by atoms with van der Waals surface area (Å²) in [5, 5.41) is 12.4. The van der Waals surface area contributed by atoms with E-state index in [2.05, 4.69) is 45.5 Å². The van der Waals surface area contributed by atoms with Crippen molar-refractivity contribution in [1.29, 1.82) is 0 Å². The van der Waals surface area contributed by atoms with Crippen molar-refractivity contribution in [2.75, 3.05) is 6.54 Å². The van der Waals surface area contributed by atoms with E-state index in [0.29, 0.717) is 12.5 Å². The molecule has 0 bridgehead atoms. The number of carbonyl (C=O) groups is 2. The van der Waals surface area contributed by atoms with Gasteiger partial charge in [0.1, 0.15) is 6.04 Å². The molecule has 3 atom stereocenters. The molecule has 4 rings (SSSR count). The van der Waals surface area contributed by atoms with Crippen molar-refractivity contribution in [3.8, 4) is 0 Å². The molecular formula is C24H30N4O2. The van der Waals surface area contributed by atoms with Crippen molar-refractivity contribution in [2.45, 2.75) is 51.5 Å². The minimum Gasteiger partial charge on any atom is -0.350 e. The second-order valence-corrected chi connectivity index (χ2v) is 8.41. The molecule has 0 aromatic heterocycles. The Balaban J connectivity index is 1.21. The Morgan fingerprint density at radius 3 is 2.70 bits per heavy atom. The highest BCUT2D eigenvalue weighted by Crippen LogP contribution is 2.19. The Bertz CT molecular complexity index is 899. The van der Waals surface area contributed by atoms with E-state index < -0.39 is 6.04 Å². The molecule has 1 fully saturated rings. The van der Waals surface area contributed by atoms with Gasteiger partial charge in [-0.25, -0.2) is 0 Å². The quantitative estimate of drug-likeness (QED) is 0.563. The minimum atomic E-state index is -0.566. The van der Waals surface area contributed by atoms with Crippen molar-refractivity contribution >= 4 is 11.8 Å². The third-order valence-electron chi connectivity index (χ3n) is 6.03. The second kappa shape index (κ2) is 9.41. The van der Waals surface area contributed by atoms with E-state index in [4.69, 9.17) is 0 Å². The van der Waals surface area contributed by atoms with Crippen molar-refractivity contribution in [2.24, 2.45) is 5.92 Å². The van der Waals surface area contributed by atoms with Crippen LogP contribution in [0, 0.1) is 5.92 Å². The van der Waals surface area contributed by atoms with Crippen LogP contribution in [0.2, 0.25) is 0 Å². The van der Waals surface area contributed by atoms with Gasteiger partial charge in [0.2, 0.25) is 11.8 Å². The van der Waals surface area contributed by atoms with Gasteiger partial charge in [0.15, 0.2) is 0 Å². The van der Waals surface area contributed by atoms with Gasteiger partial charge in [-0.1, -0.05) is 48.5 Å². The van der Waals surface area contributed by atoms with Crippen LogP contribution in [0.25, 0.3) is 0 Å². The van der Waals surface area contributed by atoms with Crippen LogP contribution in [-0.2, 0) is 35.6 Å². The van der Waals surface area contributed by atoms with Crippen molar-refractivity contribution in [1.82, 2.24) is 21.3 Å². The lowest BCUT2D eigenvalue weighted by molar-refractivity contribution is -0.129. The Morgan fingerprint density at radius 2 is 1.87 bits per heavy atom. The normalized spacial score (nSPS) is 21.1. The van der Waals surface area contributed by atoms with Crippen LogP contribution in [-0.4, -0.2) is 30.4 Å². The highest BCUT2D eigenvalue weighted by atomic mass is 16.2. The summed E-state index contributed by atoms with van der Waals surface area (Å²) in [7, 11) is 0. The molecule has 0 spiro atoms. The van der Waals surface area contributed by atoms with E-state index in [1.54, 1.807) is 6.92 Å². The van der Waals surface area contributed by atoms with Crippen molar-refractivity contribution in [3.63, 3.8) is 0 Å². The van der Waals surface area contributed by atoms with Crippen molar-refractivity contribution < 1.29 is 9.59 Å². The third-order valence-corrected chi connectivity index (χ3v) is 6.03. The fraction of sp³-hybridized carbons (Fsp3) is 0.417. The largest absolute Gasteiger partial charge is 0.350 e. The molecule has 2 aromatic rings. The molecule has 2 aliphatic rings. The monoisotopic (exact) mass is 406 g/mol. The van der Waals surface area contributed by atoms with Crippen LogP contribution in [0.4, 0.5) is 0 Å². The van der Waals surface area contributed by atoms with E-state index in [9.17, 15) is 9.59 Å². The first kappa shape index (κ1) is 20.6. The standard InChI is InChI=1S/C24H30N4O2/c1-16(23(29)27-12-18-7-8-20-14-25-15-21(20)10-18)28-24(30)22-11-19(13-26-22)9-17-5-3-2-4-6-17/h2-8,10,16,19,22,25-26H,9,11-15H2,1H3,(H,27,29)(H,28,30)/t16-,19-,22+/m0/s1. The Hall–Kier alpha value is -2.70. The summed E-state index contributed by atoms with van der Waals surface area (Å²) >= 11 is 0. The number of fused-ring (bicyclic) bond motifs is 1. The molecular weight excluding hydrogens is 376 g/mol. The fourth-order valence-electron chi connectivity index (χ4n) is 4.29. The van der Waals surface area contributed by atoms with Crippen LogP contribution in [0.5, 0.6) is 0 Å². The van der Waals surface area contributed by atoms with Crippen LogP contribution in [0.3, 0.4) is 0 Å². The zero-order chi connectivity index (χ0) is 20.9. The highest BCUT2D eigenvalue weighted by molar-refractivity contribution is 5.89. The first-order valence-electron chi connectivity index (χ1n) is 10.8. The molecule has 2 aliphatic heterocycles. The average Bonchev–Trinajstić information content (AvgIpc) is 3.41. The second-order valence-electron chi connectivity index (χ2n) is 8.41. The SMILES string of the molecule is C[C@H](NC(=O)[C@H]1C[C@H](Cc2ccccc2)CN1)C(=O)NCc1ccc2c(c1)CNC2. The summed E-state index contributed by atoms with van der Waals surface area (Å²) in [6, 6.07) is 15.8. The van der Waals surface area contributed by atoms with Gasteiger partial charge in [0.25, 0.3) is 0 Å².